The van der Waals surface area contributed by atoms with Crippen molar-refractivity contribution in [2.45, 2.75) is 25.9 Å². The molecule has 12 heteroatoms. The van der Waals surface area contributed by atoms with Crippen molar-refractivity contribution in [3.05, 3.63) is 57.9 Å². The highest BCUT2D eigenvalue weighted by Gasteiger charge is 2.27. The summed E-state index contributed by atoms with van der Waals surface area (Å²) in [5.74, 6) is -0.339. The third-order valence-electron chi connectivity index (χ3n) is 5.43. The van der Waals surface area contributed by atoms with Gasteiger partial charge in [0.1, 0.15) is 24.0 Å². The lowest BCUT2D eigenvalue weighted by molar-refractivity contribution is -0.385. The smallest absolute Gasteiger partial charge is 0.306 e. The first kappa shape index (κ1) is 25.9. The fourth-order valence-corrected chi connectivity index (χ4v) is 3.88. The Morgan fingerprint density at radius 2 is 2.03 bits per heavy atom. The monoisotopic (exact) mass is 563 g/mol. The number of aliphatic imine (C=N–C) groups is 1. The zero-order valence-corrected chi connectivity index (χ0v) is 20.4. The highest BCUT2D eigenvalue weighted by molar-refractivity contribution is 14.0. The quantitative estimate of drug-likeness (QED) is 0.183. The Balaban J connectivity index is 0.00000363. The summed E-state index contributed by atoms with van der Waals surface area (Å²) in [5.41, 5.74) is 0.483. The van der Waals surface area contributed by atoms with Crippen LogP contribution in [0.15, 0.2) is 35.6 Å². The number of rotatable bonds is 7. The maximum absolute atomic E-state index is 14.3. The SMILES string of the molecule is CCC(c1ccc(F)cc1F)N1CCN(C(=NC)NCCn2cc([N+](=O)[O-])cn2)CC1.I. The molecule has 1 unspecified atom stereocenters. The minimum atomic E-state index is -0.569. The van der Waals surface area contributed by atoms with Crippen molar-refractivity contribution in [3.63, 3.8) is 0 Å². The first-order chi connectivity index (χ1) is 14.9. The van der Waals surface area contributed by atoms with E-state index < -0.39 is 16.6 Å². The highest BCUT2D eigenvalue weighted by atomic mass is 127. The molecule has 0 aliphatic carbocycles. The van der Waals surface area contributed by atoms with Crippen LogP contribution in [0.25, 0.3) is 0 Å². The van der Waals surface area contributed by atoms with E-state index in [0.29, 0.717) is 31.7 Å². The van der Waals surface area contributed by atoms with Crippen LogP contribution < -0.4 is 5.32 Å². The summed E-state index contributed by atoms with van der Waals surface area (Å²) in [7, 11) is 1.70. The number of nitrogens with one attached hydrogen (secondary N) is 1. The van der Waals surface area contributed by atoms with Gasteiger partial charge in [-0.25, -0.2) is 8.78 Å². The van der Waals surface area contributed by atoms with Crippen LogP contribution in [0.2, 0.25) is 0 Å². The molecule has 1 aliphatic rings. The molecule has 1 N–H and O–H groups in total. The number of hydrogen-bond acceptors (Lipinski definition) is 5. The van der Waals surface area contributed by atoms with Crippen LogP contribution in [0.4, 0.5) is 14.5 Å². The summed E-state index contributed by atoms with van der Waals surface area (Å²) in [4.78, 5) is 18.9. The molecule has 0 bridgehead atoms. The predicted molar refractivity (Wildman–Crippen MR) is 128 cm³/mol. The van der Waals surface area contributed by atoms with Crippen LogP contribution in [0.3, 0.4) is 0 Å². The summed E-state index contributed by atoms with van der Waals surface area (Å²) in [6, 6.07) is 3.67. The van der Waals surface area contributed by atoms with Gasteiger partial charge in [-0.05, 0) is 12.5 Å². The van der Waals surface area contributed by atoms with E-state index in [9.17, 15) is 18.9 Å². The van der Waals surface area contributed by atoms with E-state index in [1.165, 1.54) is 29.2 Å². The number of aromatic nitrogens is 2. The number of halogens is 3. The molecular weight excluding hydrogens is 535 g/mol. The van der Waals surface area contributed by atoms with Crippen LogP contribution in [0.5, 0.6) is 0 Å². The number of guanidine groups is 1. The van der Waals surface area contributed by atoms with Gasteiger partial charge in [0, 0.05) is 57.4 Å². The number of piperazine rings is 1. The molecule has 2 aromatic rings. The second kappa shape index (κ2) is 12.0. The molecule has 9 nitrogen and oxygen atoms in total. The molecule has 1 aromatic carbocycles. The van der Waals surface area contributed by atoms with Crippen molar-refractivity contribution in [2.24, 2.45) is 4.99 Å². The van der Waals surface area contributed by atoms with E-state index >= 15 is 0 Å². The zero-order valence-electron chi connectivity index (χ0n) is 18.1. The second-order valence-electron chi connectivity index (χ2n) is 7.31. The van der Waals surface area contributed by atoms with Gasteiger partial charge in [-0.15, -0.1) is 24.0 Å². The van der Waals surface area contributed by atoms with Gasteiger partial charge in [0.2, 0.25) is 0 Å². The molecule has 0 spiro atoms. The fraction of sp³-hybridized carbons (Fsp3) is 0.500. The molecule has 0 amide bonds. The molecule has 176 valence electrons. The van der Waals surface area contributed by atoms with Gasteiger partial charge in [0.25, 0.3) is 0 Å². The molecule has 1 fully saturated rings. The number of nitrogens with zero attached hydrogens (tertiary/aromatic N) is 6. The van der Waals surface area contributed by atoms with Crippen molar-refractivity contribution in [2.75, 3.05) is 39.8 Å². The summed E-state index contributed by atoms with van der Waals surface area (Å²) in [5, 5.41) is 18.0. The topological polar surface area (TPSA) is 91.8 Å². The molecule has 2 heterocycles. The molecule has 1 saturated heterocycles. The standard InChI is InChI=1S/C20H27F2N7O2.HI/c1-3-19(17-5-4-15(21)12-18(17)22)26-8-10-27(11-9-26)20(23-2)24-6-7-28-14-16(13-25-28)29(30)31;/h4-5,12-14,19H,3,6-11H2,1-2H3,(H,23,24);1H. The summed E-state index contributed by atoms with van der Waals surface area (Å²) in [6.45, 7) is 5.86. The lowest BCUT2D eigenvalue weighted by atomic mass is 10.0. The average Bonchev–Trinajstić information content (AvgIpc) is 3.23. The number of nitro groups is 1. The van der Waals surface area contributed by atoms with Crippen molar-refractivity contribution < 1.29 is 13.7 Å². The lowest BCUT2D eigenvalue weighted by Crippen LogP contribution is -2.53. The van der Waals surface area contributed by atoms with Crippen LogP contribution in [0.1, 0.15) is 24.9 Å². The van der Waals surface area contributed by atoms with E-state index in [-0.39, 0.29) is 35.7 Å². The predicted octanol–water partition coefficient (Wildman–Crippen LogP) is 3.03. The molecule has 1 aromatic heterocycles. The van der Waals surface area contributed by atoms with E-state index in [2.05, 4.69) is 25.2 Å². The van der Waals surface area contributed by atoms with Gasteiger partial charge in [-0.1, -0.05) is 13.0 Å². The van der Waals surface area contributed by atoms with Crippen molar-refractivity contribution in [1.82, 2.24) is 24.9 Å². The molecule has 0 radical (unpaired) electrons. The van der Waals surface area contributed by atoms with Crippen molar-refractivity contribution in [1.29, 1.82) is 0 Å². The maximum atomic E-state index is 14.3. The Bertz CT molecular complexity index is 932. The molecule has 1 atom stereocenters. The molecule has 3 rings (SSSR count). The Morgan fingerprint density at radius 3 is 2.59 bits per heavy atom. The highest BCUT2D eigenvalue weighted by Crippen LogP contribution is 2.28. The second-order valence-corrected chi connectivity index (χ2v) is 7.31. The maximum Gasteiger partial charge on any atom is 0.306 e. The van der Waals surface area contributed by atoms with Crippen LogP contribution in [-0.4, -0.2) is 70.2 Å². The Hall–Kier alpha value is -2.35. The minimum Gasteiger partial charge on any atom is -0.354 e. The fourth-order valence-electron chi connectivity index (χ4n) is 3.88. The first-order valence-electron chi connectivity index (χ1n) is 10.2. The molecule has 0 saturated carbocycles. The van der Waals surface area contributed by atoms with E-state index in [1.54, 1.807) is 7.05 Å². The Labute approximate surface area is 202 Å². The van der Waals surface area contributed by atoms with Gasteiger partial charge in [0.05, 0.1) is 11.5 Å². The third kappa shape index (κ3) is 6.34. The Kier molecular flexibility index (Phi) is 9.75. The van der Waals surface area contributed by atoms with Gasteiger partial charge < -0.3 is 10.2 Å². The molecule has 32 heavy (non-hydrogen) atoms. The lowest BCUT2D eigenvalue weighted by Gasteiger charge is -2.40. The first-order valence-corrected chi connectivity index (χ1v) is 10.2. The summed E-state index contributed by atoms with van der Waals surface area (Å²) in [6.07, 6.45) is 3.34. The number of hydrogen-bond donors (Lipinski definition) is 1. The summed E-state index contributed by atoms with van der Waals surface area (Å²) >= 11 is 0. The third-order valence-corrected chi connectivity index (χ3v) is 5.43. The van der Waals surface area contributed by atoms with Crippen LogP contribution >= 0.6 is 24.0 Å². The van der Waals surface area contributed by atoms with Crippen LogP contribution in [0, 0.1) is 21.7 Å². The van der Waals surface area contributed by atoms with Gasteiger partial charge in [0.15, 0.2) is 5.96 Å². The van der Waals surface area contributed by atoms with Gasteiger partial charge in [-0.2, -0.15) is 5.10 Å². The van der Waals surface area contributed by atoms with Crippen LogP contribution in [-0.2, 0) is 6.54 Å². The van der Waals surface area contributed by atoms with Crippen molar-refractivity contribution >= 4 is 35.6 Å². The van der Waals surface area contributed by atoms with Gasteiger partial charge in [-0.3, -0.25) is 24.7 Å². The number of benzene rings is 1. The largest absolute Gasteiger partial charge is 0.354 e. The Morgan fingerprint density at radius 1 is 1.31 bits per heavy atom. The van der Waals surface area contributed by atoms with Gasteiger partial charge >= 0.3 is 5.69 Å². The van der Waals surface area contributed by atoms with E-state index in [4.69, 9.17) is 0 Å². The minimum absolute atomic E-state index is 0. The van der Waals surface area contributed by atoms with E-state index in [0.717, 1.165) is 31.5 Å². The molecular formula is C20H28F2IN7O2. The van der Waals surface area contributed by atoms with E-state index in [1.807, 2.05) is 6.92 Å². The van der Waals surface area contributed by atoms with Crippen molar-refractivity contribution in [3.8, 4) is 0 Å². The zero-order chi connectivity index (χ0) is 22.4. The average molecular weight is 563 g/mol. The normalized spacial score (nSPS) is 15.9. The summed E-state index contributed by atoms with van der Waals surface area (Å²) < 4.78 is 29.1. The molecule has 1 aliphatic heterocycles.